The van der Waals surface area contributed by atoms with E-state index < -0.39 is 0 Å². The van der Waals surface area contributed by atoms with Crippen LogP contribution in [0, 0.1) is 0 Å². The van der Waals surface area contributed by atoms with Crippen LogP contribution < -0.4 is 10.1 Å². The molecule has 0 radical (unpaired) electrons. The third-order valence-corrected chi connectivity index (χ3v) is 4.97. The summed E-state index contributed by atoms with van der Waals surface area (Å²) in [6.45, 7) is 8.54. The Morgan fingerprint density at radius 3 is 1.86 bits per heavy atom. The van der Waals surface area contributed by atoms with Gasteiger partial charge in [0.2, 0.25) is 0 Å². The Hall–Kier alpha value is -3.07. The molecule has 1 N–H and O–H groups in total. The van der Waals surface area contributed by atoms with Crippen molar-refractivity contribution in [3.05, 3.63) is 83.9 Å². The summed E-state index contributed by atoms with van der Waals surface area (Å²) >= 11 is 0. The van der Waals surface area contributed by atoms with Gasteiger partial charge in [0.15, 0.2) is 6.61 Å². The van der Waals surface area contributed by atoms with Crippen molar-refractivity contribution in [1.29, 1.82) is 0 Å². The van der Waals surface area contributed by atoms with Crippen molar-refractivity contribution in [3.8, 4) is 16.9 Å². The Labute approximate surface area is 173 Å². The molecule has 0 aliphatic rings. The summed E-state index contributed by atoms with van der Waals surface area (Å²) in [7, 11) is 0. The number of hydrogen-bond acceptors (Lipinski definition) is 2. The van der Waals surface area contributed by atoms with Gasteiger partial charge in [0.05, 0.1) is 0 Å². The van der Waals surface area contributed by atoms with E-state index in [4.69, 9.17) is 4.74 Å². The molecule has 1 amide bonds. The number of anilines is 1. The Morgan fingerprint density at radius 1 is 0.759 bits per heavy atom. The average Bonchev–Trinajstić information content (AvgIpc) is 2.73. The van der Waals surface area contributed by atoms with Crippen LogP contribution in [0.1, 0.15) is 50.7 Å². The van der Waals surface area contributed by atoms with Crippen LogP contribution in [0.15, 0.2) is 72.8 Å². The second kappa shape index (κ2) is 9.42. The molecule has 0 saturated heterocycles. The average molecular weight is 388 g/mol. The maximum Gasteiger partial charge on any atom is 0.262 e. The fraction of sp³-hybridized carbons (Fsp3) is 0.269. The summed E-state index contributed by atoms with van der Waals surface area (Å²) in [6.07, 6.45) is 0. The molecule has 0 atom stereocenters. The Kier molecular flexibility index (Phi) is 6.71. The zero-order valence-electron chi connectivity index (χ0n) is 17.6. The number of amides is 1. The molecule has 3 rings (SSSR count). The second-order valence-corrected chi connectivity index (χ2v) is 7.85. The van der Waals surface area contributed by atoms with Crippen molar-refractivity contribution in [1.82, 2.24) is 0 Å². The lowest BCUT2D eigenvalue weighted by Gasteiger charge is -2.20. The van der Waals surface area contributed by atoms with Crippen LogP contribution >= 0.6 is 0 Å². The van der Waals surface area contributed by atoms with E-state index in [9.17, 15) is 4.79 Å². The van der Waals surface area contributed by atoms with Crippen molar-refractivity contribution in [2.24, 2.45) is 0 Å². The van der Waals surface area contributed by atoms with E-state index in [2.05, 4.69) is 63.3 Å². The van der Waals surface area contributed by atoms with E-state index >= 15 is 0 Å². The molecule has 3 nitrogen and oxygen atoms in total. The van der Waals surface area contributed by atoms with Gasteiger partial charge < -0.3 is 10.1 Å². The Balaban J connectivity index is 1.66. The molecule has 0 heterocycles. The quantitative estimate of drug-likeness (QED) is 0.495. The summed E-state index contributed by atoms with van der Waals surface area (Å²) < 4.78 is 5.72. The van der Waals surface area contributed by atoms with Crippen molar-refractivity contribution in [2.45, 2.75) is 39.5 Å². The first-order valence-corrected chi connectivity index (χ1v) is 10.2. The standard InChI is InChI=1S/C26H29NO2/c1-18(2)23-11-8-12-24(19(3)4)26(23)27-25(28)17-29-22-15-13-21(14-16-22)20-9-6-5-7-10-20/h5-16,18-19H,17H2,1-4H3,(H,27,28). The number of rotatable bonds is 7. The predicted molar refractivity (Wildman–Crippen MR) is 121 cm³/mol. The van der Waals surface area contributed by atoms with Crippen LogP contribution in [-0.2, 0) is 4.79 Å². The van der Waals surface area contributed by atoms with Crippen molar-refractivity contribution in [3.63, 3.8) is 0 Å². The SMILES string of the molecule is CC(C)c1cccc(C(C)C)c1NC(=O)COc1ccc(-c2ccccc2)cc1. The van der Waals surface area contributed by atoms with E-state index in [-0.39, 0.29) is 12.5 Å². The topological polar surface area (TPSA) is 38.3 Å². The maximum absolute atomic E-state index is 12.6. The first-order valence-electron chi connectivity index (χ1n) is 10.2. The van der Waals surface area contributed by atoms with E-state index in [0.717, 1.165) is 27.9 Å². The van der Waals surface area contributed by atoms with Gasteiger partial charge >= 0.3 is 0 Å². The fourth-order valence-corrected chi connectivity index (χ4v) is 3.39. The van der Waals surface area contributed by atoms with Crippen LogP contribution in [0.2, 0.25) is 0 Å². The molecule has 0 spiro atoms. The minimum Gasteiger partial charge on any atom is -0.484 e. The number of nitrogens with one attached hydrogen (secondary N) is 1. The Bertz CT molecular complexity index is 918. The van der Waals surface area contributed by atoms with Crippen LogP contribution in [0.25, 0.3) is 11.1 Å². The van der Waals surface area contributed by atoms with Crippen molar-refractivity contribution < 1.29 is 9.53 Å². The first kappa shape index (κ1) is 20.7. The highest BCUT2D eigenvalue weighted by atomic mass is 16.5. The smallest absolute Gasteiger partial charge is 0.262 e. The number of ether oxygens (including phenoxy) is 1. The lowest BCUT2D eigenvalue weighted by Crippen LogP contribution is -2.22. The van der Waals surface area contributed by atoms with Crippen molar-refractivity contribution >= 4 is 11.6 Å². The third kappa shape index (κ3) is 5.26. The van der Waals surface area contributed by atoms with Crippen molar-refractivity contribution in [2.75, 3.05) is 11.9 Å². The minimum absolute atomic E-state index is 0.0192. The van der Waals surface area contributed by atoms with Crippen LogP contribution in [-0.4, -0.2) is 12.5 Å². The minimum atomic E-state index is -0.146. The molecule has 29 heavy (non-hydrogen) atoms. The lowest BCUT2D eigenvalue weighted by molar-refractivity contribution is -0.118. The molecular weight excluding hydrogens is 358 g/mol. The van der Waals surface area contributed by atoms with E-state index in [1.807, 2.05) is 42.5 Å². The van der Waals surface area contributed by atoms with Gasteiger partial charge in [0, 0.05) is 5.69 Å². The molecule has 0 aliphatic carbocycles. The molecule has 150 valence electrons. The monoisotopic (exact) mass is 387 g/mol. The molecular formula is C26H29NO2. The number of para-hydroxylation sites is 1. The Morgan fingerprint density at radius 2 is 1.31 bits per heavy atom. The molecule has 3 aromatic carbocycles. The van der Waals surface area contributed by atoms with Gasteiger partial charge in [-0.05, 0) is 46.2 Å². The molecule has 0 aliphatic heterocycles. The molecule has 0 bridgehead atoms. The third-order valence-electron chi connectivity index (χ3n) is 4.97. The van der Waals surface area contributed by atoms with Gasteiger partial charge in [-0.1, -0.05) is 88.4 Å². The molecule has 0 unspecified atom stereocenters. The summed E-state index contributed by atoms with van der Waals surface area (Å²) in [5.41, 5.74) is 5.50. The maximum atomic E-state index is 12.6. The summed E-state index contributed by atoms with van der Waals surface area (Å²) in [6, 6.07) is 24.2. The van der Waals surface area contributed by atoms with Gasteiger partial charge in [-0.25, -0.2) is 0 Å². The number of carbonyl (C=O) groups excluding carboxylic acids is 1. The molecule has 3 heteroatoms. The molecule has 0 fully saturated rings. The first-order chi connectivity index (χ1) is 14.0. The molecule has 3 aromatic rings. The van der Waals surface area contributed by atoms with Crippen LogP contribution in [0.4, 0.5) is 5.69 Å². The van der Waals surface area contributed by atoms with Crippen LogP contribution in [0.3, 0.4) is 0 Å². The lowest BCUT2D eigenvalue weighted by atomic mass is 9.92. The number of benzene rings is 3. The van der Waals surface area contributed by atoms with Gasteiger partial charge in [0.1, 0.15) is 5.75 Å². The van der Waals surface area contributed by atoms with Gasteiger partial charge in [-0.15, -0.1) is 0 Å². The summed E-state index contributed by atoms with van der Waals surface area (Å²) in [5.74, 6) is 1.19. The fourth-order valence-electron chi connectivity index (χ4n) is 3.39. The molecule has 0 saturated carbocycles. The van der Waals surface area contributed by atoms with Gasteiger partial charge in [0.25, 0.3) is 5.91 Å². The van der Waals surface area contributed by atoms with E-state index in [0.29, 0.717) is 17.6 Å². The van der Waals surface area contributed by atoms with Gasteiger partial charge in [-0.3, -0.25) is 4.79 Å². The van der Waals surface area contributed by atoms with E-state index in [1.54, 1.807) is 0 Å². The largest absolute Gasteiger partial charge is 0.484 e. The summed E-state index contributed by atoms with van der Waals surface area (Å²) in [5, 5.41) is 3.09. The van der Waals surface area contributed by atoms with E-state index in [1.165, 1.54) is 0 Å². The normalized spacial score (nSPS) is 11.0. The second-order valence-electron chi connectivity index (χ2n) is 7.85. The number of carbonyl (C=O) groups is 1. The highest BCUT2D eigenvalue weighted by Crippen LogP contribution is 2.32. The highest BCUT2D eigenvalue weighted by Gasteiger charge is 2.16. The van der Waals surface area contributed by atoms with Gasteiger partial charge in [-0.2, -0.15) is 0 Å². The zero-order chi connectivity index (χ0) is 20.8. The zero-order valence-corrected chi connectivity index (χ0v) is 17.6. The predicted octanol–water partition coefficient (Wildman–Crippen LogP) is 6.62. The molecule has 0 aromatic heterocycles. The van der Waals surface area contributed by atoms with Crippen LogP contribution in [0.5, 0.6) is 5.75 Å². The summed E-state index contributed by atoms with van der Waals surface area (Å²) in [4.78, 5) is 12.6. The highest BCUT2D eigenvalue weighted by molar-refractivity contribution is 5.93. The number of hydrogen-bond donors (Lipinski definition) is 1.